The van der Waals surface area contributed by atoms with E-state index in [0.29, 0.717) is 0 Å². The smallest absolute Gasteiger partial charge is 0.0544 e. The van der Waals surface area contributed by atoms with Crippen molar-refractivity contribution < 1.29 is 0 Å². The van der Waals surface area contributed by atoms with Crippen molar-refractivity contribution in [1.82, 2.24) is 10.3 Å². The molecule has 116 valence electrons. The zero-order valence-electron chi connectivity index (χ0n) is 13.5. The van der Waals surface area contributed by atoms with Crippen LogP contribution >= 0.6 is 0 Å². The minimum atomic E-state index is 0.726. The second-order valence-corrected chi connectivity index (χ2v) is 7.10. The number of hydrogen-bond donors (Lipinski definition) is 1. The second-order valence-electron chi connectivity index (χ2n) is 7.10. The molecule has 0 aromatic carbocycles. The van der Waals surface area contributed by atoms with Crippen molar-refractivity contribution in [2.24, 2.45) is 11.8 Å². The Morgan fingerprint density at radius 2 is 1.76 bits per heavy atom. The standard InChI is InChI=1S/C19H30N2/c1-15-8-7-11-17(21-15)14-20-19-13-6-5-12-18(19)16-9-3-2-4-10-16/h7-8,11,16,18-20H,2-6,9-10,12-14H2,1H3. The molecule has 2 fully saturated rings. The number of aromatic nitrogens is 1. The van der Waals surface area contributed by atoms with Crippen LogP contribution < -0.4 is 5.32 Å². The van der Waals surface area contributed by atoms with Crippen LogP contribution in [0.2, 0.25) is 0 Å². The van der Waals surface area contributed by atoms with Crippen LogP contribution in [0.15, 0.2) is 18.2 Å². The van der Waals surface area contributed by atoms with Gasteiger partial charge in [-0.3, -0.25) is 4.98 Å². The van der Waals surface area contributed by atoms with Gasteiger partial charge in [-0.25, -0.2) is 0 Å². The summed E-state index contributed by atoms with van der Waals surface area (Å²) in [4.78, 5) is 4.63. The first kappa shape index (κ1) is 15.0. The Hall–Kier alpha value is -0.890. The Morgan fingerprint density at radius 3 is 2.57 bits per heavy atom. The molecule has 2 saturated carbocycles. The lowest BCUT2D eigenvalue weighted by atomic mass is 9.71. The molecule has 1 N–H and O–H groups in total. The molecule has 2 nitrogen and oxygen atoms in total. The fourth-order valence-electron chi connectivity index (χ4n) is 4.47. The third kappa shape index (κ3) is 4.06. The zero-order valence-corrected chi connectivity index (χ0v) is 13.5. The lowest BCUT2D eigenvalue weighted by Gasteiger charge is -2.39. The minimum absolute atomic E-state index is 0.726. The topological polar surface area (TPSA) is 24.9 Å². The van der Waals surface area contributed by atoms with E-state index in [1.165, 1.54) is 63.5 Å². The van der Waals surface area contributed by atoms with Crippen LogP contribution in [0.25, 0.3) is 0 Å². The zero-order chi connectivity index (χ0) is 14.5. The number of pyridine rings is 1. The highest BCUT2D eigenvalue weighted by Crippen LogP contribution is 2.38. The predicted octanol–water partition coefficient (Wildman–Crippen LogP) is 4.62. The number of aryl methyl sites for hydroxylation is 1. The van der Waals surface area contributed by atoms with Crippen molar-refractivity contribution in [2.45, 2.75) is 77.3 Å². The van der Waals surface area contributed by atoms with Gasteiger partial charge in [-0.1, -0.05) is 51.0 Å². The van der Waals surface area contributed by atoms with Gasteiger partial charge in [-0.15, -0.1) is 0 Å². The summed E-state index contributed by atoms with van der Waals surface area (Å²) < 4.78 is 0. The molecule has 0 aliphatic heterocycles. The van der Waals surface area contributed by atoms with Crippen LogP contribution in [-0.2, 0) is 6.54 Å². The molecule has 2 aliphatic carbocycles. The molecule has 0 amide bonds. The van der Waals surface area contributed by atoms with E-state index < -0.39 is 0 Å². The highest BCUT2D eigenvalue weighted by molar-refractivity contribution is 5.09. The van der Waals surface area contributed by atoms with E-state index in [4.69, 9.17) is 0 Å². The SMILES string of the molecule is Cc1cccc(CNC2CCCCC2C2CCCCC2)n1. The average molecular weight is 286 g/mol. The predicted molar refractivity (Wildman–Crippen MR) is 88.1 cm³/mol. The van der Waals surface area contributed by atoms with Crippen molar-refractivity contribution in [1.29, 1.82) is 0 Å². The summed E-state index contributed by atoms with van der Waals surface area (Å²) >= 11 is 0. The molecule has 21 heavy (non-hydrogen) atoms. The Kier molecular flexibility index (Phi) is 5.29. The molecule has 0 saturated heterocycles. The van der Waals surface area contributed by atoms with Gasteiger partial charge >= 0.3 is 0 Å². The third-order valence-electron chi connectivity index (χ3n) is 5.57. The highest BCUT2D eigenvalue weighted by atomic mass is 14.9. The summed E-state index contributed by atoms with van der Waals surface area (Å²) in [5.74, 6) is 1.91. The maximum absolute atomic E-state index is 4.63. The number of nitrogens with zero attached hydrogens (tertiary/aromatic N) is 1. The van der Waals surface area contributed by atoms with E-state index in [2.05, 4.69) is 35.4 Å². The lowest BCUT2D eigenvalue weighted by Crippen LogP contribution is -2.42. The molecule has 2 heteroatoms. The molecule has 0 spiro atoms. The Balaban J connectivity index is 1.58. The lowest BCUT2D eigenvalue weighted by molar-refractivity contribution is 0.149. The van der Waals surface area contributed by atoms with Gasteiger partial charge in [0, 0.05) is 18.3 Å². The molecule has 2 atom stereocenters. The van der Waals surface area contributed by atoms with Gasteiger partial charge in [0.2, 0.25) is 0 Å². The number of rotatable bonds is 4. The molecular weight excluding hydrogens is 256 g/mol. The quantitative estimate of drug-likeness (QED) is 0.873. The van der Waals surface area contributed by atoms with Crippen molar-refractivity contribution in [3.05, 3.63) is 29.6 Å². The Morgan fingerprint density at radius 1 is 1.00 bits per heavy atom. The van der Waals surface area contributed by atoms with E-state index >= 15 is 0 Å². The molecule has 1 heterocycles. The average Bonchev–Trinajstić information content (AvgIpc) is 2.54. The van der Waals surface area contributed by atoms with Gasteiger partial charge in [0.05, 0.1) is 5.69 Å². The van der Waals surface area contributed by atoms with Crippen molar-refractivity contribution in [3.63, 3.8) is 0 Å². The van der Waals surface area contributed by atoms with Gasteiger partial charge in [0.1, 0.15) is 0 Å². The molecule has 2 aliphatic rings. The van der Waals surface area contributed by atoms with Crippen LogP contribution in [0, 0.1) is 18.8 Å². The summed E-state index contributed by atoms with van der Waals surface area (Å²) in [6.45, 7) is 3.02. The minimum Gasteiger partial charge on any atom is -0.308 e. The molecule has 3 rings (SSSR count). The molecular formula is C19H30N2. The van der Waals surface area contributed by atoms with Crippen molar-refractivity contribution >= 4 is 0 Å². The van der Waals surface area contributed by atoms with Crippen LogP contribution in [0.3, 0.4) is 0 Å². The van der Waals surface area contributed by atoms with Crippen LogP contribution in [0.1, 0.15) is 69.2 Å². The summed E-state index contributed by atoms with van der Waals surface area (Å²) in [5.41, 5.74) is 2.32. The number of hydrogen-bond acceptors (Lipinski definition) is 2. The normalized spacial score (nSPS) is 27.7. The molecule has 0 bridgehead atoms. The first-order valence-corrected chi connectivity index (χ1v) is 8.99. The summed E-state index contributed by atoms with van der Waals surface area (Å²) in [6.07, 6.45) is 13.0. The fourth-order valence-corrected chi connectivity index (χ4v) is 4.47. The van der Waals surface area contributed by atoms with E-state index in [1.807, 2.05) is 0 Å². The molecule has 2 unspecified atom stereocenters. The van der Waals surface area contributed by atoms with E-state index in [9.17, 15) is 0 Å². The summed E-state index contributed by atoms with van der Waals surface area (Å²) in [7, 11) is 0. The van der Waals surface area contributed by atoms with Crippen LogP contribution in [0.5, 0.6) is 0 Å². The maximum Gasteiger partial charge on any atom is 0.0544 e. The van der Waals surface area contributed by atoms with E-state index in [-0.39, 0.29) is 0 Å². The molecule has 0 radical (unpaired) electrons. The van der Waals surface area contributed by atoms with Gasteiger partial charge in [0.25, 0.3) is 0 Å². The first-order valence-electron chi connectivity index (χ1n) is 8.99. The fraction of sp³-hybridized carbons (Fsp3) is 0.737. The van der Waals surface area contributed by atoms with Crippen LogP contribution in [0.4, 0.5) is 0 Å². The molecule has 1 aromatic heterocycles. The van der Waals surface area contributed by atoms with Crippen molar-refractivity contribution in [3.8, 4) is 0 Å². The van der Waals surface area contributed by atoms with Gasteiger partial charge < -0.3 is 5.32 Å². The Labute approximate surface area is 129 Å². The van der Waals surface area contributed by atoms with E-state index in [0.717, 1.165) is 30.1 Å². The largest absolute Gasteiger partial charge is 0.308 e. The Bertz CT molecular complexity index is 437. The van der Waals surface area contributed by atoms with Crippen LogP contribution in [-0.4, -0.2) is 11.0 Å². The monoisotopic (exact) mass is 286 g/mol. The third-order valence-corrected chi connectivity index (χ3v) is 5.57. The van der Waals surface area contributed by atoms with E-state index in [1.54, 1.807) is 0 Å². The van der Waals surface area contributed by atoms with Gasteiger partial charge in [-0.2, -0.15) is 0 Å². The second kappa shape index (κ2) is 7.40. The first-order chi connectivity index (χ1) is 10.3. The summed E-state index contributed by atoms with van der Waals surface area (Å²) in [6, 6.07) is 7.08. The van der Waals surface area contributed by atoms with Gasteiger partial charge in [-0.05, 0) is 43.7 Å². The van der Waals surface area contributed by atoms with Crippen molar-refractivity contribution in [2.75, 3.05) is 0 Å². The highest BCUT2D eigenvalue weighted by Gasteiger charge is 2.32. The summed E-state index contributed by atoms with van der Waals surface area (Å²) in [5, 5.41) is 3.85. The molecule has 1 aromatic rings. The number of nitrogens with one attached hydrogen (secondary N) is 1. The van der Waals surface area contributed by atoms with Gasteiger partial charge in [0.15, 0.2) is 0 Å². The maximum atomic E-state index is 4.63.